The number of carbonyl (C=O) groups is 1. The molecule has 2 rings (SSSR count). The Labute approximate surface area is 155 Å². The summed E-state index contributed by atoms with van der Waals surface area (Å²) in [6, 6.07) is 12.6. The van der Waals surface area contributed by atoms with Gasteiger partial charge in [0.25, 0.3) is 0 Å². The van der Waals surface area contributed by atoms with Crippen LogP contribution in [0.25, 0.3) is 0 Å². The smallest absolute Gasteiger partial charge is 0.241 e. The lowest BCUT2D eigenvalue weighted by molar-refractivity contribution is -0.115. The molecule has 0 bridgehead atoms. The van der Waals surface area contributed by atoms with Crippen LogP contribution in [0.5, 0.6) is 0 Å². The second-order valence-corrected chi connectivity index (χ2v) is 7.80. The molecule has 0 radical (unpaired) electrons. The van der Waals surface area contributed by atoms with Gasteiger partial charge in [-0.3, -0.25) is 4.79 Å². The van der Waals surface area contributed by atoms with Crippen LogP contribution in [0.15, 0.2) is 47.4 Å². The van der Waals surface area contributed by atoms with Gasteiger partial charge in [-0.15, -0.1) is 0 Å². The number of aryl methyl sites for hydroxylation is 3. The summed E-state index contributed by atoms with van der Waals surface area (Å²) in [4.78, 5) is 12.4. The normalized spacial score (nSPS) is 11.3. The minimum Gasteiger partial charge on any atom is -0.324 e. The third-order valence-electron chi connectivity index (χ3n) is 4.33. The molecule has 0 heterocycles. The zero-order valence-electron chi connectivity index (χ0n) is 15.5. The van der Waals surface area contributed by atoms with Crippen LogP contribution >= 0.6 is 0 Å². The molecule has 2 aromatic carbocycles. The number of rotatable bonds is 8. The first-order valence-electron chi connectivity index (χ1n) is 8.90. The summed E-state index contributed by atoms with van der Waals surface area (Å²) in [5.74, 6) is -0.380. The maximum absolute atomic E-state index is 12.3. The molecular formula is C20H26N2O3S. The van der Waals surface area contributed by atoms with Crippen molar-refractivity contribution < 1.29 is 13.2 Å². The predicted octanol–water partition coefficient (Wildman–Crippen LogP) is 3.29. The Morgan fingerprint density at radius 1 is 0.885 bits per heavy atom. The SMILES string of the molecule is CCc1ccc(S(=O)(=O)NCC(=O)Nc2c(CC)cccc2CC)cc1. The van der Waals surface area contributed by atoms with Crippen LogP contribution in [0.1, 0.15) is 37.5 Å². The van der Waals surface area contributed by atoms with E-state index in [-0.39, 0.29) is 17.3 Å². The van der Waals surface area contributed by atoms with Crippen LogP contribution in [-0.2, 0) is 34.1 Å². The lowest BCUT2D eigenvalue weighted by atomic mass is 10.0. The van der Waals surface area contributed by atoms with Gasteiger partial charge in [-0.1, -0.05) is 51.1 Å². The number of para-hydroxylation sites is 1. The Hall–Kier alpha value is -2.18. The number of sulfonamides is 1. The van der Waals surface area contributed by atoms with Gasteiger partial charge in [-0.05, 0) is 48.1 Å². The largest absolute Gasteiger partial charge is 0.324 e. The van der Waals surface area contributed by atoms with Crippen molar-refractivity contribution in [3.05, 3.63) is 59.2 Å². The van der Waals surface area contributed by atoms with E-state index in [0.29, 0.717) is 0 Å². The van der Waals surface area contributed by atoms with E-state index in [1.54, 1.807) is 24.3 Å². The number of benzene rings is 2. The molecule has 0 atom stereocenters. The molecule has 5 nitrogen and oxygen atoms in total. The van der Waals surface area contributed by atoms with E-state index in [4.69, 9.17) is 0 Å². The summed E-state index contributed by atoms with van der Waals surface area (Å²) in [6.45, 7) is 5.74. The van der Waals surface area contributed by atoms with Crippen LogP contribution in [0.2, 0.25) is 0 Å². The Balaban J connectivity index is 2.06. The number of anilines is 1. The molecule has 2 aromatic rings. The first kappa shape index (κ1) is 20.1. The van der Waals surface area contributed by atoms with E-state index in [2.05, 4.69) is 10.0 Å². The summed E-state index contributed by atoms with van der Waals surface area (Å²) in [7, 11) is -3.71. The second kappa shape index (κ2) is 8.96. The quantitative estimate of drug-likeness (QED) is 0.744. The molecule has 0 spiro atoms. The molecule has 26 heavy (non-hydrogen) atoms. The van der Waals surface area contributed by atoms with E-state index >= 15 is 0 Å². The number of amides is 1. The molecular weight excluding hydrogens is 348 g/mol. The highest BCUT2D eigenvalue weighted by Gasteiger charge is 2.16. The van der Waals surface area contributed by atoms with Gasteiger partial charge in [0.1, 0.15) is 0 Å². The third-order valence-corrected chi connectivity index (χ3v) is 5.75. The fraction of sp³-hybridized carbons (Fsp3) is 0.350. The van der Waals surface area contributed by atoms with Crippen molar-refractivity contribution in [1.29, 1.82) is 0 Å². The summed E-state index contributed by atoms with van der Waals surface area (Å²) in [5.41, 5.74) is 3.92. The van der Waals surface area contributed by atoms with E-state index in [0.717, 1.165) is 41.6 Å². The zero-order chi connectivity index (χ0) is 19.2. The Morgan fingerprint density at radius 2 is 1.46 bits per heavy atom. The summed E-state index contributed by atoms with van der Waals surface area (Å²) < 4.78 is 27.1. The number of carbonyl (C=O) groups excluding carboxylic acids is 1. The first-order valence-corrected chi connectivity index (χ1v) is 10.4. The molecule has 0 aliphatic rings. The van der Waals surface area contributed by atoms with Gasteiger partial charge in [0.05, 0.1) is 11.4 Å². The standard InChI is InChI=1S/C20H26N2O3S/c1-4-15-10-12-18(13-11-15)26(24,25)21-14-19(23)22-20-16(5-2)8-7-9-17(20)6-3/h7-13,21H,4-6,14H2,1-3H3,(H,22,23). The maximum Gasteiger partial charge on any atom is 0.241 e. The van der Waals surface area contributed by atoms with Gasteiger partial charge >= 0.3 is 0 Å². The third kappa shape index (κ3) is 4.93. The van der Waals surface area contributed by atoms with E-state index in [1.807, 2.05) is 39.0 Å². The summed E-state index contributed by atoms with van der Waals surface area (Å²) >= 11 is 0. The molecule has 0 aromatic heterocycles. The number of nitrogens with one attached hydrogen (secondary N) is 2. The van der Waals surface area contributed by atoms with Crippen molar-refractivity contribution in [1.82, 2.24) is 4.72 Å². The highest BCUT2D eigenvalue weighted by atomic mass is 32.2. The van der Waals surface area contributed by atoms with E-state index < -0.39 is 10.0 Å². The van der Waals surface area contributed by atoms with Gasteiger partial charge < -0.3 is 5.32 Å². The van der Waals surface area contributed by atoms with Crippen LogP contribution in [0, 0.1) is 0 Å². The van der Waals surface area contributed by atoms with E-state index in [1.165, 1.54) is 0 Å². The average Bonchev–Trinajstić information content (AvgIpc) is 2.66. The fourth-order valence-corrected chi connectivity index (χ4v) is 3.72. The molecule has 2 N–H and O–H groups in total. The molecule has 0 aliphatic heterocycles. The Kier molecular flexibility index (Phi) is 6.94. The molecule has 0 fully saturated rings. The highest BCUT2D eigenvalue weighted by molar-refractivity contribution is 7.89. The van der Waals surface area contributed by atoms with Crippen LogP contribution in [-0.4, -0.2) is 20.9 Å². The highest BCUT2D eigenvalue weighted by Crippen LogP contribution is 2.22. The molecule has 0 saturated carbocycles. The van der Waals surface area contributed by atoms with Crippen molar-refractivity contribution in [2.75, 3.05) is 11.9 Å². The minimum atomic E-state index is -3.71. The van der Waals surface area contributed by atoms with Gasteiger partial charge in [0.2, 0.25) is 15.9 Å². The first-order chi connectivity index (χ1) is 12.4. The molecule has 6 heteroatoms. The maximum atomic E-state index is 12.3. The van der Waals surface area contributed by atoms with Crippen molar-refractivity contribution in [3.63, 3.8) is 0 Å². The molecule has 0 saturated heterocycles. The molecule has 0 aliphatic carbocycles. The van der Waals surface area contributed by atoms with Crippen molar-refractivity contribution in [2.45, 2.75) is 44.9 Å². The molecule has 140 valence electrons. The number of hydrogen-bond acceptors (Lipinski definition) is 3. The fourth-order valence-electron chi connectivity index (χ4n) is 2.73. The monoisotopic (exact) mass is 374 g/mol. The summed E-state index contributed by atoms with van der Waals surface area (Å²) in [6.07, 6.45) is 2.42. The summed E-state index contributed by atoms with van der Waals surface area (Å²) in [5, 5.41) is 2.86. The van der Waals surface area contributed by atoms with Crippen LogP contribution in [0.3, 0.4) is 0 Å². The zero-order valence-corrected chi connectivity index (χ0v) is 16.3. The molecule has 0 unspecified atom stereocenters. The van der Waals surface area contributed by atoms with E-state index in [9.17, 15) is 13.2 Å². The van der Waals surface area contributed by atoms with Gasteiger partial charge in [0, 0.05) is 5.69 Å². The average molecular weight is 375 g/mol. The second-order valence-electron chi connectivity index (χ2n) is 6.03. The minimum absolute atomic E-state index is 0.158. The number of hydrogen-bond donors (Lipinski definition) is 2. The van der Waals surface area contributed by atoms with Crippen LogP contribution < -0.4 is 10.0 Å². The predicted molar refractivity (Wildman–Crippen MR) is 105 cm³/mol. The lowest BCUT2D eigenvalue weighted by Crippen LogP contribution is -2.33. The Morgan fingerprint density at radius 3 is 1.96 bits per heavy atom. The topological polar surface area (TPSA) is 75.3 Å². The molecule has 1 amide bonds. The van der Waals surface area contributed by atoms with Gasteiger partial charge in [0.15, 0.2) is 0 Å². The lowest BCUT2D eigenvalue weighted by Gasteiger charge is -2.15. The van der Waals surface area contributed by atoms with Crippen LogP contribution in [0.4, 0.5) is 5.69 Å². The van der Waals surface area contributed by atoms with Crippen molar-refractivity contribution in [2.24, 2.45) is 0 Å². The van der Waals surface area contributed by atoms with Crippen molar-refractivity contribution in [3.8, 4) is 0 Å². The van der Waals surface area contributed by atoms with Gasteiger partial charge in [-0.2, -0.15) is 0 Å². The Bertz CT molecular complexity index is 837. The van der Waals surface area contributed by atoms with Crippen molar-refractivity contribution >= 4 is 21.6 Å². The van der Waals surface area contributed by atoms with Gasteiger partial charge in [-0.25, -0.2) is 13.1 Å².